The number of carbonyl (C=O) groups excluding carboxylic acids is 1. The van der Waals surface area contributed by atoms with Crippen LogP contribution in [-0.4, -0.2) is 23.9 Å². The van der Waals surface area contributed by atoms with E-state index in [9.17, 15) is 4.79 Å². The smallest absolute Gasteiger partial charge is 0.255 e. The molecular weight excluding hydrogens is 271 g/mol. The molecular formula is C13H16Cl2N2O. The van der Waals surface area contributed by atoms with Gasteiger partial charge in [-0.2, -0.15) is 0 Å². The Morgan fingerprint density at radius 3 is 2.56 bits per heavy atom. The molecule has 0 spiro atoms. The predicted molar refractivity (Wildman–Crippen MR) is 75.2 cm³/mol. The number of carbonyl (C=O) groups is 1. The fourth-order valence-corrected chi connectivity index (χ4v) is 2.57. The lowest BCUT2D eigenvalue weighted by atomic mass is 9.98. The van der Waals surface area contributed by atoms with Crippen LogP contribution < -0.4 is 5.73 Å². The molecule has 1 aliphatic heterocycles. The van der Waals surface area contributed by atoms with Crippen LogP contribution in [0.5, 0.6) is 0 Å². The number of rotatable bonds is 1. The number of hydrogen-bond donors (Lipinski definition) is 1. The molecule has 0 saturated carbocycles. The molecule has 0 aliphatic carbocycles. The van der Waals surface area contributed by atoms with Crippen LogP contribution in [0.1, 0.15) is 30.1 Å². The van der Waals surface area contributed by atoms with Crippen molar-refractivity contribution in [1.29, 1.82) is 0 Å². The van der Waals surface area contributed by atoms with Gasteiger partial charge in [0.15, 0.2) is 0 Å². The molecule has 18 heavy (non-hydrogen) atoms. The molecule has 0 radical (unpaired) electrons. The minimum Gasteiger partial charge on any atom is -0.399 e. The number of piperidine rings is 1. The molecule has 0 aromatic heterocycles. The summed E-state index contributed by atoms with van der Waals surface area (Å²) in [4.78, 5) is 14.2. The lowest BCUT2D eigenvalue weighted by Gasteiger charge is -2.30. The predicted octanol–water partition coefficient (Wildman–Crippen LogP) is 3.45. The number of amides is 1. The van der Waals surface area contributed by atoms with Gasteiger partial charge in [0.2, 0.25) is 0 Å². The van der Waals surface area contributed by atoms with Gasteiger partial charge in [-0.15, -0.1) is 0 Å². The number of hydrogen-bond acceptors (Lipinski definition) is 2. The van der Waals surface area contributed by atoms with E-state index in [1.54, 1.807) is 12.1 Å². The van der Waals surface area contributed by atoms with Crippen LogP contribution in [0.3, 0.4) is 0 Å². The van der Waals surface area contributed by atoms with Crippen LogP contribution >= 0.6 is 23.2 Å². The summed E-state index contributed by atoms with van der Waals surface area (Å²) >= 11 is 12.0. The van der Waals surface area contributed by atoms with E-state index in [-0.39, 0.29) is 10.9 Å². The minimum atomic E-state index is -0.0823. The summed E-state index contributed by atoms with van der Waals surface area (Å²) < 4.78 is 0. The fraction of sp³-hybridized carbons (Fsp3) is 0.462. The average molecular weight is 287 g/mol. The molecule has 1 aromatic carbocycles. The Morgan fingerprint density at radius 2 is 1.94 bits per heavy atom. The number of nitrogens with zero attached hydrogens (tertiary/aromatic N) is 1. The fourth-order valence-electron chi connectivity index (χ4n) is 2.15. The molecule has 1 saturated heterocycles. The van der Waals surface area contributed by atoms with Gasteiger partial charge in [-0.1, -0.05) is 30.1 Å². The van der Waals surface area contributed by atoms with Crippen molar-refractivity contribution in [3.05, 3.63) is 27.7 Å². The highest BCUT2D eigenvalue weighted by Crippen LogP contribution is 2.30. The molecule has 5 heteroatoms. The Morgan fingerprint density at radius 1 is 1.33 bits per heavy atom. The quantitative estimate of drug-likeness (QED) is 0.804. The van der Waals surface area contributed by atoms with Gasteiger partial charge >= 0.3 is 0 Å². The maximum atomic E-state index is 12.4. The Balaban J connectivity index is 2.23. The second-order valence-electron chi connectivity index (χ2n) is 4.84. The molecule has 1 amide bonds. The van der Waals surface area contributed by atoms with E-state index in [4.69, 9.17) is 28.9 Å². The van der Waals surface area contributed by atoms with Crippen molar-refractivity contribution >= 4 is 34.8 Å². The summed E-state index contributed by atoms with van der Waals surface area (Å²) in [6.45, 7) is 3.73. The first-order chi connectivity index (χ1) is 8.49. The largest absolute Gasteiger partial charge is 0.399 e. The van der Waals surface area contributed by atoms with Gasteiger partial charge in [0, 0.05) is 18.8 Å². The van der Waals surface area contributed by atoms with Crippen molar-refractivity contribution in [2.75, 3.05) is 18.8 Å². The van der Waals surface area contributed by atoms with Crippen molar-refractivity contribution in [3.8, 4) is 0 Å². The van der Waals surface area contributed by atoms with Crippen molar-refractivity contribution in [3.63, 3.8) is 0 Å². The number of benzene rings is 1. The van der Waals surface area contributed by atoms with Gasteiger partial charge in [0.25, 0.3) is 5.91 Å². The Kier molecular flexibility index (Phi) is 4.03. The molecule has 0 unspecified atom stereocenters. The SMILES string of the molecule is CC1CCN(C(=O)c2cc(N)cc(Cl)c2Cl)CC1. The van der Waals surface area contributed by atoms with E-state index in [1.165, 1.54) is 0 Å². The lowest BCUT2D eigenvalue weighted by Crippen LogP contribution is -2.38. The van der Waals surface area contributed by atoms with Crippen LogP contribution in [0.2, 0.25) is 10.0 Å². The maximum absolute atomic E-state index is 12.4. The van der Waals surface area contributed by atoms with E-state index in [1.807, 2.05) is 4.90 Å². The van der Waals surface area contributed by atoms with E-state index < -0.39 is 0 Å². The van der Waals surface area contributed by atoms with E-state index in [0.717, 1.165) is 25.9 Å². The number of likely N-dealkylation sites (tertiary alicyclic amines) is 1. The second-order valence-corrected chi connectivity index (χ2v) is 5.62. The average Bonchev–Trinajstić information content (AvgIpc) is 2.34. The molecule has 2 rings (SSSR count). The summed E-state index contributed by atoms with van der Waals surface area (Å²) in [5, 5.41) is 0.611. The monoisotopic (exact) mass is 286 g/mol. The van der Waals surface area contributed by atoms with Crippen molar-refractivity contribution in [1.82, 2.24) is 4.90 Å². The van der Waals surface area contributed by atoms with Crippen LogP contribution in [0.15, 0.2) is 12.1 Å². The maximum Gasteiger partial charge on any atom is 0.255 e. The van der Waals surface area contributed by atoms with Gasteiger partial charge < -0.3 is 10.6 Å². The first-order valence-corrected chi connectivity index (χ1v) is 6.78. The number of nitrogens with two attached hydrogens (primary N) is 1. The highest BCUT2D eigenvalue weighted by Gasteiger charge is 2.24. The molecule has 2 N–H and O–H groups in total. The van der Waals surface area contributed by atoms with E-state index in [2.05, 4.69) is 6.92 Å². The van der Waals surface area contributed by atoms with Gasteiger partial charge in [0.05, 0.1) is 15.6 Å². The van der Waals surface area contributed by atoms with Gasteiger partial charge in [-0.25, -0.2) is 0 Å². The zero-order valence-corrected chi connectivity index (χ0v) is 11.8. The molecule has 1 fully saturated rings. The molecule has 1 heterocycles. The third-order valence-electron chi connectivity index (χ3n) is 3.35. The molecule has 0 atom stereocenters. The molecule has 1 aromatic rings. The van der Waals surface area contributed by atoms with Crippen molar-refractivity contribution in [2.24, 2.45) is 5.92 Å². The third-order valence-corrected chi connectivity index (χ3v) is 4.15. The number of nitrogen functional groups attached to an aromatic ring is 1. The molecule has 1 aliphatic rings. The summed E-state index contributed by atoms with van der Waals surface area (Å²) in [6.07, 6.45) is 2.05. The Hall–Kier alpha value is -0.930. The zero-order chi connectivity index (χ0) is 13.3. The first kappa shape index (κ1) is 13.5. The standard InChI is InChI=1S/C13H16Cl2N2O/c1-8-2-4-17(5-3-8)13(18)10-6-9(16)7-11(14)12(10)15/h6-8H,2-5,16H2,1H3. The highest BCUT2D eigenvalue weighted by atomic mass is 35.5. The van der Waals surface area contributed by atoms with Crippen LogP contribution in [0, 0.1) is 5.92 Å². The van der Waals surface area contributed by atoms with Gasteiger partial charge in [-0.05, 0) is 30.9 Å². The van der Waals surface area contributed by atoms with Crippen LogP contribution in [-0.2, 0) is 0 Å². The molecule has 3 nitrogen and oxygen atoms in total. The van der Waals surface area contributed by atoms with E-state index in [0.29, 0.717) is 22.2 Å². The minimum absolute atomic E-state index is 0.0823. The number of anilines is 1. The number of halogens is 2. The van der Waals surface area contributed by atoms with Crippen molar-refractivity contribution in [2.45, 2.75) is 19.8 Å². The summed E-state index contributed by atoms with van der Waals surface area (Å²) in [7, 11) is 0. The molecule has 0 bridgehead atoms. The second kappa shape index (κ2) is 5.37. The van der Waals surface area contributed by atoms with Crippen molar-refractivity contribution < 1.29 is 4.79 Å². The normalized spacial score (nSPS) is 16.9. The lowest BCUT2D eigenvalue weighted by molar-refractivity contribution is 0.0697. The van der Waals surface area contributed by atoms with E-state index >= 15 is 0 Å². The Labute approximate surface area is 117 Å². The van der Waals surface area contributed by atoms with Crippen LogP contribution in [0.25, 0.3) is 0 Å². The van der Waals surface area contributed by atoms with Gasteiger partial charge in [-0.3, -0.25) is 4.79 Å². The third kappa shape index (κ3) is 2.73. The van der Waals surface area contributed by atoms with Gasteiger partial charge in [0.1, 0.15) is 0 Å². The highest BCUT2D eigenvalue weighted by molar-refractivity contribution is 6.44. The molecule has 98 valence electrons. The summed E-state index contributed by atoms with van der Waals surface area (Å²) in [5.41, 5.74) is 6.56. The first-order valence-electron chi connectivity index (χ1n) is 6.03. The topological polar surface area (TPSA) is 46.3 Å². The summed E-state index contributed by atoms with van der Waals surface area (Å²) in [5.74, 6) is 0.593. The van der Waals surface area contributed by atoms with Crippen LogP contribution in [0.4, 0.5) is 5.69 Å². The Bertz CT molecular complexity index is 468. The zero-order valence-electron chi connectivity index (χ0n) is 10.2. The summed E-state index contributed by atoms with van der Waals surface area (Å²) in [6, 6.07) is 3.15.